The first-order valence-corrected chi connectivity index (χ1v) is 5.23. The van der Waals surface area contributed by atoms with E-state index in [-0.39, 0.29) is 18.1 Å². The molecule has 15 heavy (non-hydrogen) atoms. The fourth-order valence-corrected chi connectivity index (χ4v) is 1.72. The van der Waals surface area contributed by atoms with Gasteiger partial charge in [-0.05, 0) is 18.9 Å². The number of ether oxygens (including phenoxy) is 1. The molecule has 80 valence electrons. The number of carbonyl (C=O) groups is 1. The van der Waals surface area contributed by atoms with E-state index in [4.69, 9.17) is 4.74 Å². The lowest BCUT2D eigenvalue weighted by Gasteiger charge is -2.27. The van der Waals surface area contributed by atoms with Crippen LogP contribution >= 0.6 is 0 Å². The van der Waals surface area contributed by atoms with Crippen LogP contribution in [0.4, 0.5) is 0 Å². The summed E-state index contributed by atoms with van der Waals surface area (Å²) in [5.74, 6) is -0.141. The lowest BCUT2D eigenvalue weighted by atomic mass is 10.0. The minimum absolute atomic E-state index is 0.00970. The molecule has 0 saturated carbocycles. The molecule has 3 nitrogen and oxygen atoms in total. The lowest BCUT2D eigenvalue weighted by molar-refractivity contribution is -0.155. The molecule has 1 heterocycles. The van der Waals surface area contributed by atoms with Crippen molar-refractivity contribution < 1.29 is 9.53 Å². The zero-order valence-electron chi connectivity index (χ0n) is 8.77. The zero-order valence-corrected chi connectivity index (χ0v) is 8.77. The highest BCUT2D eigenvalue weighted by Gasteiger charge is 2.27. The highest BCUT2D eigenvalue weighted by Crippen LogP contribution is 2.09. The van der Waals surface area contributed by atoms with Crippen molar-refractivity contribution >= 4 is 5.97 Å². The van der Waals surface area contributed by atoms with Gasteiger partial charge in [0.05, 0.1) is 0 Å². The lowest BCUT2D eigenvalue weighted by Crippen LogP contribution is -2.50. The van der Waals surface area contributed by atoms with E-state index in [1.165, 1.54) is 0 Å². The van der Waals surface area contributed by atoms with Crippen LogP contribution in [-0.2, 0) is 16.0 Å². The summed E-state index contributed by atoms with van der Waals surface area (Å²) in [5, 5.41) is 3.19. The van der Waals surface area contributed by atoms with Crippen LogP contribution in [0.2, 0.25) is 0 Å². The molecule has 3 heteroatoms. The van der Waals surface area contributed by atoms with Crippen molar-refractivity contribution in [2.75, 3.05) is 6.54 Å². The van der Waals surface area contributed by atoms with Gasteiger partial charge in [-0.1, -0.05) is 30.3 Å². The van der Waals surface area contributed by atoms with Crippen LogP contribution in [-0.4, -0.2) is 24.7 Å². The Labute approximate surface area is 89.4 Å². The Hall–Kier alpha value is -1.35. The highest BCUT2D eigenvalue weighted by atomic mass is 16.5. The summed E-state index contributed by atoms with van der Waals surface area (Å²) in [7, 11) is 0. The number of hydrogen-bond donors (Lipinski definition) is 1. The molecule has 0 bridgehead atoms. The van der Waals surface area contributed by atoms with E-state index in [1.54, 1.807) is 0 Å². The first-order chi connectivity index (χ1) is 7.25. The molecule has 2 rings (SSSR count). The summed E-state index contributed by atoms with van der Waals surface area (Å²) in [4.78, 5) is 11.5. The largest absolute Gasteiger partial charge is 0.460 e. The van der Waals surface area contributed by atoms with Crippen molar-refractivity contribution in [2.45, 2.75) is 25.5 Å². The molecule has 1 aromatic carbocycles. The molecule has 1 saturated heterocycles. The van der Waals surface area contributed by atoms with Gasteiger partial charge in [0.1, 0.15) is 12.1 Å². The van der Waals surface area contributed by atoms with E-state index < -0.39 is 0 Å². The molecule has 1 aliphatic heterocycles. The molecule has 0 spiro atoms. The number of carbonyl (C=O) groups excluding carboxylic acids is 1. The third-order valence-electron chi connectivity index (χ3n) is 2.54. The summed E-state index contributed by atoms with van der Waals surface area (Å²) in [5.41, 5.74) is 1.15. The summed E-state index contributed by atoms with van der Waals surface area (Å²) >= 11 is 0. The Bertz CT molecular complexity index is 337. The molecular weight excluding hydrogens is 190 g/mol. The van der Waals surface area contributed by atoms with Crippen LogP contribution in [0.5, 0.6) is 0 Å². The second-order valence-corrected chi connectivity index (χ2v) is 3.90. The standard InChI is InChI=1S/C12H15NO2/c1-9-8-13-11(12(14)15-9)7-10-5-3-2-4-6-10/h2-6,9,11,13H,7-8H2,1H3. The Morgan fingerprint density at radius 2 is 2.13 bits per heavy atom. The van der Waals surface area contributed by atoms with Crippen molar-refractivity contribution in [2.24, 2.45) is 0 Å². The van der Waals surface area contributed by atoms with Crippen LogP contribution in [0.1, 0.15) is 12.5 Å². The van der Waals surface area contributed by atoms with Gasteiger partial charge in [-0.25, -0.2) is 0 Å². The average Bonchev–Trinajstić information content (AvgIpc) is 2.24. The number of esters is 1. The summed E-state index contributed by atoms with van der Waals surface area (Å²) in [6.07, 6.45) is 0.691. The third-order valence-corrected chi connectivity index (χ3v) is 2.54. The Kier molecular flexibility index (Phi) is 3.02. The van der Waals surface area contributed by atoms with Gasteiger partial charge in [0.25, 0.3) is 0 Å². The van der Waals surface area contributed by atoms with Gasteiger partial charge in [-0.3, -0.25) is 4.79 Å². The molecule has 2 atom stereocenters. The van der Waals surface area contributed by atoms with Gasteiger partial charge in [0.15, 0.2) is 0 Å². The number of cyclic esters (lactones) is 1. The maximum atomic E-state index is 11.5. The van der Waals surface area contributed by atoms with Crippen LogP contribution < -0.4 is 5.32 Å². The molecule has 1 N–H and O–H groups in total. The number of nitrogens with one attached hydrogen (secondary N) is 1. The molecule has 1 aromatic rings. The first-order valence-electron chi connectivity index (χ1n) is 5.23. The number of morpholine rings is 1. The van der Waals surface area contributed by atoms with Gasteiger partial charge in [0, 0.05) is 6.54 Å². The van der Waals surface area contributed by atoms with E-state index >= 15 is 0 Å². The van der Waals surface area contributed by atoms with Crippen molar-refractivity contribution in [1.82, 2.24) is 5.32 Å². The average molecular weight is 205 g/mol. The van der Waals surface area contributed by atoms with Crippen molar-refractivity contribution in [3.8, 4) is 0 Å². The number of rotatable bonds is 2. The normalized spacial score (nSPS) is 26.1. The van der Waals surface area contributed by atoms with Crippen LogP contribution in [0.25, 0.3) is 0 Å². The minimum Gasteiger partial charge on any atom is -0.460 e. The van der Waals surface area contributed by atoms with Gasteiger partial charge in [-0.15, -0.1) is 0 Å². The molecule has 2 unspecified atom stereocenters. The van der Waals surface area contributed by atoms with E-state index in [9.17, 15) is 4.79 Å². The van der Waals surface area contributed by atoms with Gasteiger partial charge in [0.2, 0.25) is 0 Å². The van der Waals surface area contributed by atoms with E-state index in [1.807, 2.05) is 37.3 Å². The van der Waals surface area contributed by atoms with Crippen molar-refractivity contribution in [3.63, 3.8) is 0 Å². The monoisotopic (exact) mass is 205 g/mol. The number of benzene rings is 1. The second-order valence-electron chi connectivity index (χ2n) is 3.90. The third kappa shape index (κ3) is 2.57. The van der Waals surface area contributed by atoms with Gasteiger partial charge >= 0.3 is 5.97 Å². The van der Waals surface area contributed by atoms with E-state index in [2.05, 4.69) is 5.32 Å². The molecular formula is C12H15NO2. The molecule has 0 aromatic heterocycles. The quantitative estimate of drug-likeness (QED) is 0.736. The van der Waals surface area contributed by atoms with Crippen molar-refractivity contribution in [1.29, 1.82) is 0 Å². The zero-order chi connectivity index (χ0) is 10.7. The van der Waals surface area contributed by atoms with E-state index in [0.717, 1.165) is 12.1 Å². The summed E-state index contributed by atoms with van der Waals surface area (Å²) in [6, 6.07) is 9.78. The Balaban J connectivity index is 1.98. The highest BCUT2D eigenvalue weighted by molar-refractivity contribution is 5.77. The summed E-state index contributed by atoms with van der Waals surface area (Å²) in [6.45, 7) is 2.63. The Morgan fingerprint density at radius 1 is 1.40 bits per heavy atom. The molecule has 0 amide bonds. The van der Waals surface area contributed by atoms with Crippen LogP contribution in [0, 0.1) is 0 Å². The topological polar surface area (TPSA) is 38.3 Å². The smallest absolute Gasteiger partial charge is 0.323 e. The fraction of sp³-hybridized carbons (Fsp3) is 0.417. The molecule has 1 fully saturated rings. The Morgan fingerprint density at radius 3 is 2.80 bits per heavy atom. The predicted octanol–water partition coefficient (Wildman–Crippen LogP) is 1.13. The molecule has 0 radical (unpaired) electrons. The van der Waals surface area contributed by atoms with Gasteiger partial charge < -0.3 is 10.1 Å². The first kappa shape index (κ1) is 10.2. The SMILES string of the molecule is CC1CNC(Cc2ccccc2)C(=O)O1. The minimum atomic E-state index is -0.191. The van der Waals surface area contributed by atoms with Crippen LogP contribution in [0.3, 0.4) is 0 Å². The second kappa shape index (κ2) is 4.45. The molecule has 1 aliphatic rings. The molecule has 0 aliphatic carbocycles. The predicted molar refractivity (Wildman–Crippen MR) is 57.5 cm³/mol. The van der Waals surface area contributed by atoms with Crippen LogP contribution in [0.15, 0.2) is 30.3 Å². The maximum absolute atomic E-state index is 11.5. The maximum Gasteiger partial charge on any atom is 0.323 e. The summed E-state index contributed by atoms with van der Waals surface area (Å²) < 4.78 is 5.17. The van der Waals surface area contributed by atoms with E-state index in [0.29, 0.717) is 6.42 Å². The fourth-order valence-electron chi connectivity index (χ4n) is 1.72. The van der Waals surface area contributed by atoms with Crippen molar-refractivity contribution in [3.05, 3.63) is 35.9 Å². The number of hydrogen-bond acceptors (Lipinski definition) is 3. The van der Waals surface area contributed by atoms with Gasteiger partial charge in [-0.2, -0.15) is 0 Å².